The van der Waals surface area contributed by atoms with Crippen molar-refractivity contribution in [3.05, 3.63) is 28.7 Å². The molecular formula is C13H16BrN3. The van der Waals surface area contributed by atoms with Crippen molar-refractivity contribution in [2.75, 3.05) is 25.5 Å². The third-order valence-corrected chi connectivity index (χ3v) is 3.65. The Kier molecular flexibility index (Phi) is 3.70. The molecule has 4 heteroatoms. The molecule has 17 heavy (non-hydrogen) atoms. The van der Waals surface area contributed by atoms with Crippen LogP contribution >= 0.6 is 15.9 Å². The Labute approximate surface area is 111 Å². The summed E-state index contributed by atoms with van der Waals surface area (Å²) in [5.41, 5.74) is 0.561. The standard InChI is InChI=1S/C13H16BrN3/c1-17-8-2-7-13(9-15,10-17)16-12-5-3-11(14)4-6-12/h3-6,16H,2,7-8,10H2,1H3. The molecule has 0 bridgehead atoms. The van der Waals surface area contributed by atoms with E-state index in [0.29, 0.717) is 0 Å². The quantitative estimate of drug-likeness (QED) is 0.911. The minimum absolute atomic E-state index is 0.444. The van der Waals surface area contributed by atoms with Gasteiger partial charge in [0.25, 0.3) is 0 Å². The third-order valence-electron chi connectivity index (χ3n) is 3.13. The average Bonchev–Trinajstić information content (AvgIpc) is 2.32. The van der Waals surface area contributed by atoms with Crippen LogP contribution in [0.15, 0.2) is 28.7 Å². The highest BCUT2D eigenvalue weighted by atomic mass is 79.9. The highest BCUT2D eigenvalue weighted by Gasteiger charge is 2.34. The zero-order valence-electron chi connectivity index (χ0n) is 9.91. The van der Waals surface area contributed by atoms with E-state index >= 15 is 0 Å². The Hall–Kier alpha value is -1.05. The van der Waals surface area contributed by atoms with E-state index in [1.807, 2.05) is 24.3 Å². The van der Waals surface area contributed by atoms with Crippen molar-refractivity contribution in [1.29, 1.82) is 5.26 Å². The van der Waals surface area contributed by atoms with Crippen LogP contribution in [0.5, 0.6) is 0 Å². The molecular weight excluding hydrogens is 278 g/mol. The summed E-state index contributed by atoms with van der Waals surface area (Å²) < 4.78 is 1.05. The van der Waals surface area contributed by atoms with Crippen LogP contribution in [0.1, 0.15) is 12.8 Å². The van der Waals surface area contributed by atoms with E-state index in [4.69, 9.17) is 0 Å². The van der Waals surface area contributed by atoms with Crippen molar-refractivity contribution in [3.8, 4) is 6.07 Å². The maximum absolute atomic E-state index is 9.43. The Balaban J connectivity index is 2.14. The average molecular weight is 294 g/mol. The van der Waals surface area contributed by atoms with Gasteiger partial charge in [-0.3, -0.25) is 0 Å². The van der Waals surface area contributed by atoms with E-state index in [1.165, 1.54) is 0 Å². The molecule has 1 N–H and O–H groups in total. The Morgan fingerprint density at radius 1 is 1.41 bits per heavy atom. The maximum atomic E-state index is 9.43. The van der Waals surface area contributed by atoms with Gasteiger partial charge in [-0.15, -0.1) is 0 Å². The molecule has 0 spiro atoms. The summed E-state index contributed by atoms with van der Waals surface area (Å²) in [5.74, 6) is 0. The van der Waals surface area contributed by atoms with Crippen molar-refractivity contribution in [3.63, 3.8) is 0 Å². The van der Waals surface area contributed by atoms with Gasteiger partial charge in [-0.05, 0) is 50.7 Å². The van der Waals surface area contributed by atoms with Crippen molar-refractivity contribution < 1.29 is 0 Å². The molecule has 1 saturated heterocycles. The summed E-state index contributed by atoms with van der Waals surface area (Å²) in [7, 11) is 2.06. The second-order valence-corrected chi connectivity index (χ2v) is 5.58. The lowest BCUT2D eigenvalue weighted by Crippen LogP contribution is -2.50. The van der Waals surface area contributed by atoms with Crippen LogP contribution in [-0.2, 0) is 0 Å². The monoisotopic (exact) mass is 293 g/mol. The van der Waals surface area contributed by atoms with Gasteiger partial charge in [0.05, 0.1) is 6.07 Å². The first-order valence-corrected chi connectivity index (χ1v) is 6.56. The molecule has 1 aliphatic heterocycles. The van der Waals surface area contributed by atoms with E-state index in [-0.39, 0.29) is 0 Å². The molecule has 1 aromatic rings. The van der Waals surface area contributed by atoms with E-state index in [2.05, 4.69) is 39.3 Å². The van der Waals surface area contributed by atoms with Crippen molar-refractivity contribution in [2.45, 2.75) is 18.4 Å². The van der Waals surface area contributed by atoms with Crippen LogP contribution in [0.4, 0.5) is 5.69 Å². The van der Waals surface area contributed by atoms with Gasteiger partial charge >= 0.3 is 0 Å². The number of likely N-dealkylation sites (N-methyl/N-ethyl adjacent to an activating group) is 1. The van der Waals surface area contributed by atoms with Crippen molar-refractivity contribution in [2.24, 2.45) is 0 Å². The number of hydrogen-bond donors (Lipinski definition) is 1. The smallest absolute Gasteiger partial charge is 0.138 e. The lowest BCUT2D eigenvalue weighted by Gasteiger charge is -2.37. The molecule has 3 nitrogen and oxygen atoms in total. The summed E-state index contributed by atoms with van der Waals surface area (Å²) in [6, 6.07) is 10.4. The molecule has 1 fully saturated rings. The lowest BCUT2D eigenvalue weighted by atomic mass is 9.90. The van der Waals surface area contributed by atoms with E-state index in [1.54, 1.807) is 0 Å². The molecule has 0 aromatic heterocycles. The summed E-state index contributed by atoms with van der Waals surface area (Å²) in [5, 5.41) is 12.8. The largest absolute Gasteiger partial charge is 0.366 e. The first-order valence-electron chi connectivity index (χ1n) is 5.77. The summed E-state index contributed by atoms with van der Waals surface area (Å²) in [4.78, 5) is 2.21. The van der Waals surface area contributed by atoms with Crippen LogP contribution in [0, 0.1) is 11.3 Å². The second-order valence-electron chi connectivity index (χ2n) is 4.67. The predicted molar refractivity (Wildman–Crippen MR) is 72.8 cm³/mol. The van der Waals surface area contributed by atoms with Gasteiger partial charge in [-0.2, -0.15) is 5.26 Å². The fraction of sp³-hybridized carbons (Fsp3) is 0.462. The number of nitrogens with one attached hydrogen (secondary N) is 1. The van der Waals surface area contributed by atoms with E-state index in [0.717, 1.165) is 36.1 Å². The van der Waals surface area contributed by atoms with Crippen LogP contribution in [0.2, 0.25) is 0 Å². The number of anilines is 1. The minimum atomic E-state index is -0.444. The predicted octanol–water partition coefficient (Wildman–Crippen LogP) is 2.85. The number of nitriles is 1. The zero-order valence-corrected chi connectivity index (χ0v) is 11.5. The van der Waals surface area contributed by atoms with E-state index < -0.39 is 5.54 Å². The molecule has 1 aliphatic rings. The highest BCUT2D eigenvalue weighted by molar-refractivity contribution is 9.10. The van der Waals surface area contributed by atoms with Crippen molar-refractivity contribution in [1.82, 2.24) is 4.90 Å². The van der Waals surface area contributed by atoms with Crippen LogP contribution < -0.4 is 5.32 Å². The van der Waals surface area contributed by atoms with Gasteiger partial charge in [-0.1, -0.05) is 15.9 Å². The van der Waals surface area contributed by atoms with Gasteiger partial charge in [0.15, 0.2) is 0 Å². The number of likely N-dealkylation sites (tertiary alicyclic amines) is 1. The molecule has 0 amide bonds. The van der Waals surface area contributed by atoms with Crippen LogP contribution in [0.25, 0.3) is 0 Å². The molecule has 1 atom stereocenters. The molecule has 0 aliphatic carbocycles. The van der Waals surface area contributed by atoms with Gasteiger partial charge in [0.2, 0.25) is 0 Å². The topological polar surface area (TPSA) is 39.1 Å². The molecule has 2 rings (SSSR count). The van der Waals surface area contributed by atoms with Crippen molar-refractivity contribution >= 4 is 21.6 Å². The number of benzene rings is 1. The Morgan fingerprint density at radius 3 is 2.71 bits per heavy atom. The van der Waals surface area contributed by atoms with Gasteiger partial charge in [-0.25, -0.2) is 0 Å². The lowest BCUT2D eigenvalue weighted by molar-refractivity contribution is 0.227. The first kappa shape index (κ1) is 12.4. The third kappa shape index (κ3) is 2.99. The number of halogens is 1. The Bertz CT molecular complexity index is 423. The van der Waals surface area contributed by atoms with E-state index in [9.17, 15) is 5.26 Å². The number of piperidine rings is 1. The fourth-order valence-corrected chi connectivity index (χ4v) is 2.56. The molecule has 90 valence electrons. The van der Waals surface area contributed by atoms with Crippen LogP contribution in [-0.4, -0.2) is 30.6 Å². The number of hydrogen-bond acceptors (Lipinski definition) is 3. The normalized spacial score (nSPS) is 25.2. The first-order chi connectivity index (χ1) is 8.13. The second kappa shape index (κ2) is 5.07. The summed E-state index contributed by atoms with van der Waals surface area (Å²) in [6.45, 7) is 1.85. The maximum Gasteiger partial charge on any atom is 0.138 e. The fourth-order valence-electron chi connectivity index (χ4n) is 2.30. The molecule has 1 aromatic carbocycles. The molecule has 1 heterocycles. The molecule has 0 saturated carbocycles. The van der Waals surface area contributed by atoms with Crippen LogP contribution in [0.3, 0.4) is 0 Å². The zero-order chi connectivity index (χ0) is 12.3. The number of nitrogens with zero attached hydrogens (tertiary/aromatic N) is 2. The SMILES string of the molecule is CN1CCCC(C#N)(Nc2ccc(Br)cc2)C1. The highest BCUT2D eigenvalue weighted by Crippen LogP contribution is 2.25. The summed E-state index contributed by atoms with van der Waals surface area (Å²) in [6.07, 6.45) is 1.97. The summed E-state index contributed by atoms with van der Waals surface area (Å²) >= 11 is 3.41. The van der Waals surface area contributed by atoms with Gasteiger partial charge in [0.1, 0.15) is 5.54 Å². The minimum Gasteiger partial charge on any atom is -0.366 e. The molecule has 1 unspecified atom stereocenters. The van der Waals surface area contributed by atoms with Gasteiger partial charge in [0, 0.05) is 16.7 Å². The Morgan fingerprint density at radius 2 is 2.12 bits per heavy atom. The molecule has 0 radical (unpaired) electrons. The van der Waals surface area contributed by atoms with Gasteiger partial charge < -0.3 is 10.2 Å². The number of rotatable bonds is 2.